The molecule has 1 heterocycles. The monoisotopic (exact) mass is 248 g/mol. The van der Waals surface area contributed by atoms with Crippen molar-refractivity contribution in [2.75, 3.05) is 6.54 Å². The molecule has 0 spiro atoms. The van der Waals surface area contributed by atoms with Gasteiger partial charge in [0, 0.05) is 12.2 Å². The maximum Gasteiger partial charge on any atom is 0.0602 e. The van der Waals surface area contributed by atoms with E-state index in [0.717, 1.165) is 6.54 Å². The molecule has 0 aliphatic heterocycles. The number of aromatic nitrogens is 1. The van der Waals surface area contributed by atoms with Crippen molar-refractivity contribution < 1.29 is 0 Å². The zero-order chi connectivity index (χ0) is 13.4. The second-order valence-corrected chi connectivity index (χ2v) is 5.22. The summed E-state index contributed by atoms with van der Waals surface area (Å²) in [4.78, 5) is 4.65. The average molecular weight is 248 g/mol. The molecule has 1 N–H and O–H groups in total. The molecule has 1 unspecified atom stereocenters. The highest BCUT2D eigenvalue weighted by molar-refractivity contribution is 5.25. The van der Waals surface area contributed by atoms with Gasteiger partial charge in [0.05, 0.1) is 5.69 Å². The van der Waals surface area contributed by atoms with Gasteiger partial charge in [0.15, 0.2) is 0 Å². The Morgan fingerprint density at radius 3 is 2.56 bits per heavy atom. The SMILES string of the molecule is CCCCCC(NCCC)c1ncc(C)cc1C. The minimum Gasteiger partial charge on any atom is -0.309 e. The lowest BCUT2D eigenvalue weighted by Gasteiger charge is -2.20. The molecule has 0 saturated heterocycles. The summed E-state index contributed by atoms with van der Waals surface area (Å²) < 4.78 is 0. The third-order valence-corrected chi connectivity index (χ3v) is 3.32. The summed E-state index contributed by atoms with van der Waals surface area (Å²) >= 11 is 0. The first-order valence-corrected chi connectivity index (χ1v) is 7.35. The summed E-state index contributed by atoms with van der Waals surface area (Å²) in [5.41, 5.74) is 3.81. The van der Waals surface area contributed by atoms with Crippen LogP contribution in [0.2, 0.25) is 0 Å². The van der Waals surface area contributed by atoms with Gasteiger partial charge in [-0.05, 0) is 44.4 Å². The van der Waals surface area contributed by atoms with E-state index in [4.69, 9.17) is 0 Å². The number of aryl methyl sites for hydroxylation is 2. The third-order valence-electron chi connectivity index (χ3n) is 3.32. The molecule has 1 rings (SSSR count). The van der Waals surface area contributed by atoms with Crippen LogP contribution in [0.25, 0.3) is 0 Å². The molecular weight excluding hydrogens is 220 g/mol. The van der Waals surface area contributed by atoms with Crippen LogP contribution in [0.1, 0.15) is 68.8 Å². The van der Waals surface area contributed by atoms with Crippen molar-refractivity contribution in [3.63, 3.8) is 0 Å². The van der Waals surface area contributed by atoms with Gasteiger partial charge in [-0.15, -0.1) is 0 Å². The summed E-state index contributed by atoms with van der Waals surface area (Å²) in [5.74, 6) is 0. The van der Waals surface area contributed by atoms with E-state index in [9.17, 15) is 0 Å². The van der Waals surface area contributed by atoms with Crippen LogP contribution in [0, 0.1) is 13.8 Å². The smallest absolute Gasteiger partial charge is 0.0602 e. The third kappa shape index (κ3) is 4.77. The molecule has 18 heavy (non-hydrogen) atoms. The minimum atomic E-state index is 0.428. The van der Waals surface area contributed by atoms with Gasteiger partial charge in [-0.3, -0.25) is 4.98 Å². The predicted molar refractivity (Wildman–Crippen MR) is 78.9 cm³/mol. The first-order valence-electron chi connectivity index (χ1n) is 7.35. The Balaban J connectivity index is 2.73. The normalized spacial score (nSPS) is 12.7. The van der Waals surface area contributed by atoms with Crippen molar-refractivity contribution in [2.45, 2.75) is 65.8 Å². The van der Waals surface area contributed by atoms with Crippen LogP contribution >= 0.6 is 0 Å². The van der Waals surface area contributed by atoms with Crippen LogP contribution in [-0.2, 0) is 0 Å². The lowest BCUT2D eigenvalue weighted by Crippen LogP contribution is -2.24. The number of hydrogen-bond acceptors (Lipinski definition) is 2. The lowest BCUT2D eigenvalue weighted by molar-refractivity contribution is 0.463. The zero-order valence-corrected chi connectivity index (χ0v) is 12.4. The van der Waals surface area contributed by atoms with Crippen LogP contribution < -0.4 is 5.32 Å². The molecule has 0 amide bonds. The Labute approximate surface area is 112 Å². The van der Waals surface area contributed by atoms with Gasteiger partial charge >= 0.3 is 0 Å². The molecular formula is C16H28N2. The fourth-order valence-electron chi connectivity index (χ4n) is 2.34. The maximum atomic E-state index is 4.65. The molecule has 1 aromatic rings. The molecule has 0 bridgehead atoms. The largest absolute Gasteiger partial charge is 0.309 e. The summed E-state index contributed by atoms with van der Waals surface area (Å²) in [6, 6.07) is 2.67. The molecule has 2 heteroatoms. The average Bonchev–Trinajstić information content (AvgIpc) is 2.34. The summed E-state index contributed by atoms with van der Waals surface area (Å²) in [6.45, 7) is 9.83. The maximum absolute atomic E-state index is 4.65. The molecule has 0 aliphatic rings. The van der Waals surface area contributed by atoms with Crippen molar-refractivity contribution in [3.05, 3.63) is 29.1 Å². The molecule has 0 aromatic carbocycles. The van der Waals surface area contributed by atoms with Crippen molar-refractivity contribution in [3.8, 4) is 0 Å². The van der Waals surface area contributed by atoms with Gasteiger partial charge in [0.2, 0.25) is 0 Å². The van der Waals surface area contributed by atoms with E-state index in [2.05, 4.69) is 44.1 Å². The topological polar surface area (TPSA) is 24.9 Å². The quantitative estimate of drug-likeness (QED) is 0.693. The Morgan fingerprint density at radius 1 is 1.17 bits per heavy atom. The van der Waals surface area contributed by atoms with Crippen molar-refractivity contribution >= 4 is 0 Å². The highest BCUT2D eigenvalue weighted by Crippen LogP contribution is 2.21. The van der Waals surface area contributed by atoms with Gasteiger partial charge < -0.3 is 5.32 Å². The molecule has 0 fully saturated rings. The van der Waals surface area contributed by atoms with Crippen molar-refractivity contribution in [1.29, 1.82) is 0 Å². The fourth-order valence-corrected chi connectivity index (χ4v) is 2.34. The number of rotatable bonds is 8. The number of hydrogen-bond donors (Lipinski definition) is 1. The van der Waals surface area contributed by atoms with Crippen LogP contribution in [0.15, 0.2) is 12.3 Å². The van der Waals surface area contributed by atoms with Gasteiger partial charge in [0.1, 0.15) is 0 Å². The summed E-state index contributed by atoms with van der Waals surface area (Å²) in [7, 11) is 0. The van der Waals surface area contributed by atoms with Gasteiger partial charge in [-0.2, -0.15) is 0 Å². The van der Waals surface area contributed by atoms with E-state index >= 15 is 0 Å². The molecule has 0 saturated carbocycles. The van der Waals surface area contributed by atoms with Gasteiger partial charge in [-0.25, -0.2) is 0 Å². The standard InChI is InChI=1S/C16H28N2/c1-5-7-8-9-15(17-10-6-2)16-14(4)11-13(3)12-18-16/h11-12,15,17H,5-10H2,1-4H3. The predicted octanol–water partition coefficient (Wildman–Crippen LogP) is 4.32. The van der Waals surface area contributed by atoms with Crippen molar-refractivity contribution in [1.82, 2.24) is 10.3 Å². The Bertz CT molecular complexity index is 347. The highest BCUT2D eigenvalue weighted by atomic mass is 14.9. The van der Waals surface area contributed by atoms with Crippen LogP contribution in [-0.4, -0.2) is 11.5 Å². The first-order chi connectivity index (χ1) is 8.69. The second kappa shape index (κ2) is 8.25. The van der Waals surface area contributed by atoms with E-state index in [1.54, 1.807) is 0 Å². The second-order valence-electron chi connectivity index (χ2n) is 5.22. The van der Waals surface area contributed by atoms with E-state index in [1.807, 2.05) is 6.20 Å². The Kier molecular flexibility index (Phi) is 6.96. The minimum absolute atomic E-state index is 0.428. The van der Waals surface area contributed by atoms with E-state index in [0.29, 0.717) is 6.04 Å². The van der Waals surface area contributed by atoms with Gasteiger partial charge in [0.25, 0.3) is 0 Å². The van der Waals surface area contributed by atoms with E-state index in [1.165, 1.54) is 48.9 Å². The Hall–Kier alpha value is -0.890. The molecule has 0 aliphatic carbocycles. The number of nitrogens with zero attached hydrogens (tertiary/aromatic N) is 1. The van der Waals surface area contributed by atoms with Gasteiger partial charge in [-0.1, -0.05) is 39.2 Å². The zero-order valence-electron chi connectivity index (χ0n) is 12.4. The van der Waals surface area contributed by atoms with Crippen LogP contribution in [0.5, 0.6) is 0 Å². The molecule has 1 aromatic heterocycles. The Morgan fingerprint density at radius 2 is 1.94 bits per heavy atom. The van der Waals surface area contributed by atoms with Crippen LogP contribution in [0.3, 0.4) is 0 Å². The lowest BCUT2D eigenvalue weighted by atomic mass is 10.0. The summed E-state index contributed by atoms with van der Waals surface area (Å²) in [5, 5.41) is 3.64. The van der Waals surface area contributed by atoms with E-state index < -0.39 is 0 Å². The first kappa shape index (κ1) is 15.2. The van der Waals surface area contributed by atoms with Crippen LogP contribution in [0.4, 0.5) is 0 Å². The van der Waals surface area contributed by atoms with E-state index in [-0.39, 0.29) is 0 Å². The van der Waals surface area contributed by atoms with Crippen molar-refractivity contribution in [2.24, 2.45) is 0 Å². The molecule has 102 valence electrons. The molecule has 2 nitrogen and oxygen atoms in total. The fraction of sp³-hybridized carbons (Fsp3) is 0.688. The molecule has 0 radical (unpaired) electrons. The summed E-state index contributed by atoms with van der Waals surface area (Å²) in [6.07, 6.45) is 8.24. The number of nitrogens with one attached hydrogen (secondary N) is 1. The highest BCUT2D eigenvalue weighted by Gasteiger charge is 2.14. The molecule has 1 atom stereocenters. The number of unbranched alkanes of at least 4 members (excludes halogenated alkanes) is 2. The number of pyridine rings is 1.